The molecule has 1 heterocycles. The van der Waals surface area contributed by atoms with Gasteiger partial charge in [-0.2, -0.15) is 12.6 Å². The van der Waals surface area contributed by atoms with Crippen molar-refractivity contribution in [2.75, 3.05) is 32.1 Å². The molecule has 0 aromatic rings. The van der Waals surface area contributed by atoms with Crippen molar-refractivity contribution in [3.05, 3.63) is 0 Å². The van der Waals surface area contributed by atoms with Crippen molar-refractivity contribution in [1.82, 2.24) is 4.90 Å². The minimum absolute atomic E-state index is 0.0439. The third-order valence-corrected chi connectivity index (χ3v) is 2.95. The highest BCUT2D eigenvalue weighted by molar-refractivity contribution is 7.80. The van der Waals surface area contributed by atoms with Crippen LogP contribution in [0.25, 0.3) is 0 Å². The monoisotopic (exact) mass is 307 g/mol. The third-order valence-electron chi connectivity index (χ3n) is 2.46. The molecule has 0 unspecified atom stereocenters. The van der Waals surface area contributed by atoms with Crippen LogP contribution in [0.15, 0.2) is 0 Å². The van der Waals surface area contributed by atoms with Gasteiger partial charge in [-0.25, -0.2) is 4.79 Å². The molecule has 1 saturated heterocycles. The fraction of sp³-hybridized carbons (Fsp3) is 0.833. The smallest absolute Gasteiger partial charge is 0.411 e. The fourth-order valence-electron chi connectivity index (χ4n) is 1.70. The number of carboxylic acid groups (broad SMARTS) is 1. The van der Waals surface area contributed by atoms with Crippen LogP contribution >= 0.6 is 12.6 Å². The lowest BCUT2D eigenvalue weighted by Gasteiger charge is -2.33. The van der Waals surface area contributed by atoms with Gasteiger partial charge in [-0.3, -0.25) is 9.69 Å². The lowest BCUT2D eigenvalue weighted by atomic mass is 10.2. The molecule has 1 N–H and O–H groups in total. The maximum Gasteiger partial charge on any atom is 0.411 e. The van der Waals surface area contributed by atoms with Gasteiger partial charge in [-0.1, -0.05) is 0 Å². The van der Waals surface area contributed by atoms with Crippen LogP contribution in [0.1, 0.15) is 20.8 Å². The van der Waals surface area contributed by atoms with E-state index in [-0.39, 0.29) is 12.3 Å². The molecule has 1 aliphatic rings. The lowest BCUT2D eigenvalue weighted by Crippen LogP contribution is -2.50. The van der Waals surface area contributed by atoms with Crippen LogP contribution in [-0.4, -0.2) is 65.5 Å². The normalized spacial score (nSPS) is 17.8. The Hall–Kier alpha value is -0.990. The average molecular weight is 307 g/mol. The molecule has 8 heteroatoms. The molecule has 1 fully saturated rings. The van der Waals surface area contributed by atoms with E-state index < -0.39 is 30.0 Å². The average Bonchev–Trinajstić information content (AvgIpc) is 2.74. The molecule has 0 aliphatic carbocycles. The predicted molar refractivity (Wildman–Crippen MR) is 73.9 cm³/mol. The van der Waals surface area contributed by atoms with E-state index in [1.807, 2.05) is 0 Å². The van der Waals surface area contributed by atoms with Gasteiger partial charge >= 0.3 is 12.1 Å². The zero-order chi connectivity index (χ0) is 15.4. The number of carbonyl (C=O) groups excluding carboxylic acids is 1. The number of rotatable bonds is 5. The van der Waals surface area contributed by atoms with Gasteiger partial charge in [0, 0.05) is 5.75 Å². The van der Waals surface area contributed by atoms with Crippen molar-refractivity contribution in [1.29, 1.82) is 0 Å². The van der Waals surface area contributed by atoms with Gasteiger partial charge in [0.05, 0.1) is 19.8 Å². The Morgan fingerprint density at radius 1 is 1.35 bits per heavy atom. The van der Waals surface area contributed by atoms with Gasteiger partial charge in [-0.05, 0) is 20.8 Å². The zero-order valence-corrected chi connectivity index (χ0v) is 12.8. The van der Waals surface area contributed by atoms with Crippen LogP contribution in [0, 0.1) is 0 Å². The number of carbonyl (C=O) groups is 2. The standard InChI is InChI=1S/C12H21NO6S/c1-11(2,3)19-10(16)13(6-9(14)15)7-12(8-20)17-4-5-18-12/h20H,4-8H2,1-3H3,(H,14,15). The first-order valence-electron chi connectivity index (χ1n) is 6.26. The van der Waals surface area contributed by atoms with Crippen LogP contribution in [0.4, 0.5) is 4.79 Å². The number of aliphatic carboxylic acids is 1. The molecular formula is C12H21NO6S. The largest absolute Gasteiger partial charge is 0.480 e. The number of ether oxygens (including phenoxy) is 3. The molecular weight excluding hydrogens is 286 g/mol. The van der Waals surface area contributed by atoms with Gasteiger partial charge in [0.15, 0.2) is 5.79 Å². The predicted octanol–water partition coefficient (Wildman–Crippen LogP) is 0.981. The number of nitrogens with zero attached hydrogens (tertiary/aromatic N) is 1. The van der Waals surface area contributed by atoms with E-state index >= 15 is 0 Å². The SMILES string of the molecule is CC(C)(C)OC(=O)N(CC(=O)O)CC1(CS)OCCO1. The lowest BCUT2D eigenvalue weighted by molar-refractivity contribution is -0.156. The van der Waals surface area contributed by atoms with Gasteiger partial charge in [-0.15, -0.1) is 0 Å². The van der Waals surface area contributed by atoms with Crippen molar-refractivity contribution < 1.29 is 28.9 Å². The maximum atomic E-state index is 12.0. The topological polar surface area (TPSA) is 85.3 Å². The van der Waals surface area contributed by atoms with E-state index in [0.29, 0.717) is 13.2 Å². The van der Waals surface area contributed by atoms with E-state index in [9.17, 15) is 9.59 Å². The molecule has 0 aromatic carbocycles. The molecule has 1 amide bonds. The van der Waals surface area contributed by atoms with E-state index in [2.05, 4.69) is 12.6 Å². The summed E-state index contributed by atoms with van der Waals surface area (Å²) in [6.45, 7) is 5.36. The highest BCUT2D eigenvalue weighted by Gasteiger charge is 2.40. The molecule has 0 bridgehead atoms. The van der Waals surface area contributed by atoms with Gasteiger partial charge < -0.3 is 19.3 Å². The van der Waals surface area contributed by atoms with Crippen molar-refractivity contribution in [2.24, 2.45) is 0 Å². The first-order chi connectivity index (χ1) is 9.17. The highest BCUT2D eigenvalue weighted by Crippen LogP contribution is 2.23. The maximum absolute atomic E-state index is 12.0. The summed E-state index contributed by atoms with van der Waals surface area (Å²) in [4.78, 5) is 24.0. The molecule has 0 aromatic heterocycles. The van der Waals surface area contributed by atoms with E-state index in [4.69, 9.17) is 19.3 Å². The number of hydrogen-bond acceptors (Lipinski definition) is 6. The Kier molecular flexibility index (Phi) is 5.67. The zero-order valence-electron chi connectivity index (χ0n) is 11.9. The summed E-state index contributed by atoms with van der Waals surface area (Å²) < 4.78 is 16.1. The minimum Gasteiger partial charge on any atom is -0.480 e. The first kappa shape index (κ1) is 17.1. The van der Waals surface area contributed by atoms with Crippen LogP contribution < -0.4 is 0 Å². The van der Waals surface area contributed by atoms with Crippen LogP contribution in [-0.2, 0) is 19.0 Å². The summed E-state index contributed by atoms with van der Waals surface area (Å²) in [6.07, 6.45) is -0.722. The van der Waals surface area contributed by atoms with Gasteiger partial charge in [0.2, 0.25) is 0 Å². The number of amides is 1. The second kappa shape index (κ2) is 6.64. The second-order valence-corrected chi connectivity index (χ2v) is 5.81. The Balaban J connectivity index is 2.78. The molecule has 0 radical (unpaired) electrons. The second-order valence-electron chi connectivity index (χ2n) is 5.50. The summed E-state index contributed by atoms with van der Waals surface area (Å²) in [5.41, 5.74) is -0.709. The van der Waals surface area contributed by atoms with Gasteiger partial charge in [0.25, 0.3) is 0 Å². The quantitative estimate of drug-likeness (QED) is 0.737. The number of carboxylic acids is 1. The van der Waals surface area contributed by atoms with E-state index in [1.165, 1.54) is 0 Å². The summed E-state index contributed by atoms with van der Waals surface area (Å²) in [5.74, 6) is -2.00. The number of thiol groups is 1. The Morgan fingerprint density at radius 3 is 2.30 bits per heavy atom. The van der Waals surface area contributed by atoms with E-state index in [1.54, 1.807) is 20.8 Å². The molecule has 116 valence electrons. The molecule has 20 heavy (non-hydrogen) atoms. The van der Waals surface area contributed by atoms with E-state index in [0.717, 1.165) is 4.90 Å². The van der Waals surface area contributed by atoms with Crippen LogP contribution in [0.5, 0.6) is 0 Å². The first-order valence-corrected chi connectivity index (χ1v) is 6.89. The summed E-state index contributed by atoms with van der Waals surface area (Å²) in [5, 5.41) is 8.91. The van der Waals surface area contributed by atoms with Crippen LogP contribution in [0.2, 0.25) is 0 Å². The Labute approximate surface area is 123 Å². The van der Waals surface area contributed by atoms with Crippen molar-refractivity contribution in [3.8, 4) is 0 Å². The Bertz CT molecular complexity index is 361. The van der Waals surface area contributed by atoms with Crippen molar-refractivity contribution in [2.45, 2.75) is 32.2 Å². The molecule has 1 rings (SSSR count). The Morgan fingerprint density at radius 2 is 1.90 bits per heavy atom. The van der Waals surface area contributed by atoms with Gasteiger partial charge in [0.1, 0.15) is 12.1 Å². The summed E-state index contributed by atoms with van der Waals surface area (Å²) >= 11 is 4.15. The highest BCUT2D eigenvalue weighted by atomic mass is 32.1. The number of hydrogen-bond donors (Lipinski definition) is 2. The minimum atomic E-state index is -1.14. The summed E-state index contributed by atoms with van der Waals surface area (Å²) in [7, 11) is 0. The third kappa shape index (κ3) is 5.18. The molecule has 7 nitrogen and oxygen atoms in total. The van der Waals surface area contributed by atoms with Crippen LogP contribution in [0.3, 0.4) is 0 Å². The molecule has 0 atom stereocenters. The van der Waals surface area contributed by atoms with Crippen molar-refractivity contribution in [3.63, 3.8) is 0 Å². The molecule has 0 saturated carbocycles. The fourth-order valence-corrected chi connectivity index (χ4v) is 1.98. The van der Waals surface area contributed by atoms with Crippen molar-refractivity contribution >= 4 is 24.7 Å². The summed E-state index contributed by atoms with van der Waals surface area (Å²) in [6, 6.07) is 0. The molecule has 0 spiro atoms. The molecule has 1 aliphatic heterocycles.